The molecule has 0 aromatic rings. The molecule has 0 bridgehead atoms. The van der Waals surface area contributed by atoms with E-state index in [2.05, 4.69) is 0 Å². The molecule has 0 heterocycles. The van der Waals surface area contributed by atoms with E-state index in [1.54, 1.807) is 6.92 Å². The number of aliphatic carboxylic acids is 2. The highest BCUT2D eigenvalue weighted by Gasteiger charge is 2.14. The van der Waals surface area contributed by atoms with Gasteiger partial charge in [-0.05, 0) is 12.3 Å². The number of hydrogen-bond acceptors (Lipinski definition) is 3. The molecule has 0 amide bonds. The van der Waals surface area contributed by atoms with Gasteiger partial charge in [-0.1, -0.05) is 6.92 Å². The summed E-state index contributed by atoms with van der Waals surface area (Å²) < 4.78 is 0. The Morgan fingerprint density at radius 3 is 2.17 bits per heavy atom. The Balaban J connectivity index is 3.84. The second-order valence-electron chi connectivity index (χ2n) is 2.69. The van der Waals surface area contributed by atoms with Crippen LogP contribution >= 0.6 is 0 Å². The van der Waals surface area contributed by atoms with Crippen molar-refractivity contribution in [3.8, 4) is 0 Å². The number of carboxylic acids is 2. The van der Waals surface area contributed by atoms with Crippen molar-refractivity contribution in [2.75, 3.05) is 0 Å². The molecular weight excluding hydrogens is 162 g/mol. The highest BCUT2D eigenvalue weighted by molar-refractivity contribution is 6.34. The average Bonchev–Trinajstić information content (AvgIpc) is 1.84. The van der Waals surface area contributed by atoms with Crippen molar-refractivity contribution in [2.24, 2.45) is 5.92 Å². The van der Waals surface area contributed by atoms with Crippen LogP contribution in [-0.2, 0) is 9.59 Å². The molecule has 5 heteroatoms. The predicted molar refractivity (Wildman–Crippen MR) is 41.4 cm³/mol. The van der Waals surface area contributed by atoms with Gasteiger partial charge in [0.2, 0.25) is 0 Å². The van der Waals surface area contributed by atoms with Crippen LogP contribution in [0.2, 0.25) is 0 Å². The maximum Gasteiger partial charge on any atom is 0.349 e. The van der Waals surface area contributed by atoms with Crippen LogP contribution in [0.4, 0.5) is 0 Å². The molecule has 0 aliphatic carbocycles. The molecule has 12 heavy (non-hydrogen) atoms. The van der Waals surface area contributed by atoms with Gasteiger partial charge in [0.15, 0.2) is 0 Å². The maximum absolute atomic E-state index is 10.1. The summed E-state index contributed by atoms with van der Waals surface area (Å²) in [6.45, 7) is 1.60. The fraction of sp³-hybridized carbons (Fsp3) is 0.571. The first-order valence-electron chi connectivity index (χ1n) is 3.46. The van der Waals surface area contributed by atoms with Gasteiger partial charge in [0.25, 0.3) is 0 Å². The SMILES string of the molecule is C[C@@H](CC(=N)C(=O)O)CC(=O)O. The zero-order valence-electron chi connectivity index (χ0n) is 6.70. The van der Waals surface area contributed by atoms with Crippen molar-refractivity contribution in [3.63, 3.8) is 0 Å². The van der Waals surface area contributed by atoms with Crippen molar-refractivity contribution in [3.05, 3.63) is 0 Å². The maximum atomic E-state index is 10.1. The van der Waals surface area contributed by atoms with E-state index in [9.17, 15) is 9.59 Å². The molecule has 0 aromatic carbocycles. The van der Waals surface area contributed by atoms with Gasteiger partial charge < -0.3 is 10.2 Å². The van der Waals surface area contributed by atoms with Gasteiger partial charge in [-0.25, -0.2) is 4.79 Å². The molecule has 0 rings (SSSR count). The van der Waals surface area contributed by atoms with E-state index in [-0.39, 0.29) is 18.8 Å². The van der Waals surface area contributed by atoms with Gasteiger partial charge in [-0.2, -0.15) is 0 Å². The summed E-state index contributed by atoms with van der Waals surface area (Å²) in [7, 11) is 0. The van der Waals surface area contributed by atoms with Crippen LogP contribution in [0.1, 0.15) is 19.8 Å². The summed E-state index contributed by atoms with van der Waals surface area (Å²) >= 11 is 0. The van der Waals surface area contributed by atoms with E-state index in [1.807, 2.05) is 0 Å². The minimum atomic E-state index is -1.28. The molecule has 0 spiro atoms. The molecular formula is C7H11NO4. The minimum absolute atomic E-state index is 0.00162. The third-order valence-corrected chi connectivity index (χ3v) is 1.33. The Hall–Kier alpha value is -1.39. The molecule has 0 aliphatic heterocycles. The standard InChI is InChI=1S/C7H11NO4/c1-4(3-6(9)10)2-5(8)7(11)12/h4,8H,2-3H2,1H3,(H,9,10)(H,11,12)/t4-/m0/s1. The molecule has 0 unspecified atom stereocenters. The zero-order valence-corrected chi connectivity index (χ0v) is 6.70. The van der Waals surface area contributed by atoms with Gasteiger partial charge in [0.05, 0.1) is 0 Å². The Morgan fingerprint density at radius 1 is 1.33 bits per heavy atom. The van der Waals surface area contributed by atoms with Gasteiger partial charge >= 0.3 is 11.9 Å². The number of carbonyl (C=O) groups is 2. The fourth-order valence-electron chi connectivity index (χ4n) is 0.806. The fourth-order valence-corrected chi connectivity index (χ4v) is 0.806. The lowest BCUT2D eigenvalue weighted by Crippen LogP contribution is -2.16. The van der Waals surface area contributed by atoms with Crippen molar-refractivity contribution in [1.29, 1.82) is 5.41 Å². The summed E-state index contributed by atoms with van der Waals surface area (Å²) in [6.07, 6.45) is -0.0999. The predicted octanol–water partition coefficient (Wildman–Crippen LogP) is 0.592. The Labute approximate surface area is 69.5 Å². The zero-order chi connectivity index (χ0) is 9.72. The second kappa shape index (κ2) is 4.48. The summed E-state index contributed by atoms with van der Waals surface area (Å²) in [4.78, 5) is 20.3. The molecule has 68 valence electrons. The Kier molecular flexibility index (Phi) is 3.96. The van der Waals surface area contributed by atoms with Gasteiger partial charge in [-0.15, -0.1) is 0 Å². The van der Waals surface area contributed by atoms with E-state index < -0.39 is 17.7 Å². The highest BCUT2D eigenvalue weighted by atomic mass is 16.4. The van der Waals surface area contributed by atoms with Gasteiger partial charge in [-0.3, -0.25) is 10.2 Å². The lowest BCUT2D eigenvalue weighted by atomic mass is 10.0. The highest BCUT2D eigenvalue weighted by Crippen LogP contribution is 2.07. The first kappa shape index (κ1) is 10.6. The lowest BCUT2D eigenvalue weighted by molar-refractivity contribution is -0.138. The molecule has 3 N–H and O–H groups in total. The largest absolute Gasteiger partial charge is 0.481 e. The van der Waals surface area contributed by atoms with Crippen LogP contribution in [0.5, 0.6) is 0 Å². The lowest BCUT2D eigenvalue weighted by Gasteiger charge is -2.05. The number of carboxylic acid groups (broad SMARTS) is 2. The summed E-state index contributed by atoms with van der Waals surface area (Å²) in [5.41, 5.74) is -0.441. The smallest absolute Gasteiger partial charge is 0.349 e. The molecule has 0 saturated carbocycles. The van der Waals surface area contributed by atoms with Crippen LogP contribution in [0.15, 0.2) is 0 Å². The first-order valence-corrected chi connectivity index (χ1v) is 3.46. The monoisotopic (exact) mass is 173 g/mol. The topological polar surface area (TPSA) is 98.5 Å². The molecule has 0 fully saturated rings. The molecule has 1 atom stereocenters. The van der Waals surface area contributed by atoms with Gasteiger partial charge in [0, 0.05) is 6.42 Å². The minimum Gasteiger partial charge on any atom is -0.481 e. The molecule has 5 nitrogen and oxygen atoms in total. The molecule has 0 aromatic heterocycles. The number of nitrogens with one attached hydrogen (secondary N) is 1. The quantitative estimate of drug-likeness (QED) is 0.530. The summed E-state index contributed by atoms with van der Waals surface area (Å²) in [5.74, 6) is -2.56. The summed E-state index contributed by atoms with van der Waals surface area (Å²) in [6, 6.07) is 0. The van der Waals surface area contributed by atoms with Crippen molar-refractivity contribution in [1.82, 2.24) is 0 Å². The van der Waals surface area contributed by atoms with Crippen LogP contribution < -0.4 is 0 Å². The summed E-state index contributed by atoms with van der Waals surface area (Å²) in [5, 5.41) is 23.5. The molecule has 0 aliphatic rings. The van der Waals surface area contributed by atoms with Crippen molar-refractivity contribution >= 4 is 17.7 Å². The van der Waals surface area contributed by atoms with Crippen LogP contribution in [0.3, 0.4) is 0 Å². The Bertz CT molecular complexity index is 211. The molecule has 0 saturated heterocycles. The third kappa shape index (κ3) is 4.43. The molecule has 0 radical (unpaired) electrons. The van der Waals surface area contributed by atoms with Crippen LogP contribution in [0, 0.1) is 11.3 Å². The second-order valence-corrected chi connectivity index (χ2v) is 2.69. The number of hydrogen-bond donors (Lipinski definition) is 3. The number of rotatable bonds is 5. The van der Waals surface area contributed by atoms with Crippen molar-refractivity contribution < 1.29 is 19.8 Å². The van der Waals surface area contributed by atoms with E-state index in [0.717, 1.165) is 0 Å². The Morgan fingerprint density at radius 2 is 1.83 bits per heavy atom. The van der Waals surface area contributed by atoms with E-state index >= 15 is 0 Å². The average molecular weight is 173 g/mol. The third-order valence-electron chi connectivity index (χ3n) is 1.33. The first-order chi connectivity index (χ1) is 5.43. The van der Waals surface area contributed by atoms with Crippen LogP contribution in [-0.4, -0.2) is 27.9 Å². The normalized spacial score (nSPS) is 12.1. The van der Waals surface area contributed by atoms with Crippen LogP contribution in [0.25, 0.3) is 0 Å². The van der Waals surface area contributed by atoms with E-state index in [4.69, 9.17) is 15.6 Å². The van der Waals surface area contributed by atoms with E-state index in [0.29, 0.717) is 0 Å². The van der Waals surface area contributed by atoms with Gasteiger partial charge in [0.1, 0.15) is 5.71 Å². The van der Waals surface area contributed by atoms with E-state index in [1.165, 1.54) is 0 Å². The van der Waals surface area contributed by atoms with Crippen molar-refractivity contribution in [2.45, 2.75) is 19.8 Å².